The van der Waals surface area contributed by atoms with Gasteiger partial charge < -0.3 is 4.74 Å². The molecule has 0 amide bonds. The molecule has 0 spiro atoms. The molecule has 0 saturated heterocycles. The van der Waals surface area contributed by atoms with Crippen LogP contribution in [0, 0.1) is 11.6 Å². The maximum atomic E-state index is 13.9. The van der Waals surface area contributed by atoms with Gasteiger partial charge in [0.1, 0.15) is 10.7 Å². The molecule has 0 aliphatic carbocycles. The fourth-order valence-corrected chi connectivity index (χ4v) is 3.72. The van der Waals surface area contributed by atoms with Crippen molar-refractivity contribution in [2.24, 2.45) is 0 Å². The van der Waals surface area contributed by atoms with Crippen molar-refractivity contribution >= 4 is 27.2 Å². The highest BCUT2D eigenvalue weighted by atomic mass is 32.2. The molecule has 1 aromatic heterocycles. The standard InChI is InChI=1S/C13H14F2N2O3S2/c1-7(2)12-13(16-6-21-12)17-22(18,19)11-5-8(14)10(20-3)4-9(11)15/h4-7,17H,1-3H3. The molecule has 5 nitrogen and oxygen atoms in total. The van der Waals surface area contributed by atoms with Crippen LogP contribution in [0.1, 0.15) is 24.6 Å². The number of hydrogen-bond acceptors (Lipinski definition) is 5. The lowest BCUT2D eigenvalue weighted by atomic mass is 10.2. The lowest BCUT2D eigenvalue weighted by Gasteiger charge is -2.11. The highest BCUT2D eigenvalue weighted by molar-refractivity contribution is 7.92. The lowest BCUT2D eigenvalue weighted by molar-refractivity contribution is 0.380. The van der Waals surface area contributed by atoms with E-state index in [0.717, 1.165) is 7.11 Å². The second kappa shape index (κ2) is 6.17. The quantitative estimate of drug-likeness (QED) is 0.900. The van der Waals surface area contributed by atoms with Gasteiger partial charge in [-0.1, -0.05) is 13.8 Å². The Hall–Kier alpha value is -1.74. The average molecular weight is 348 g/mol. The van der Waals surface area contributed by atoms with Gasteiger partial charge in [0.15, 0.2) is 17.4 Å². The predicted molar refractivity (Wildman–Crippen MR) is 79.9 cm³/mol. The Bertz CT molecular complexity index is 789. The zero-order valence-electron chi connectivity index (χ0n) is 12.1. The minimum Gasteiger partial charge on any atom is -0.494 e. The molecular weight excluding hydrogens is 334 g/mol. The highest BCUT2D eigenvalue weighted by Gasteiger charge is 2.24. The van der Waals surface area contributed by atoms with Crippen molar-refractivity contribution in [3.63, 3.8) is 0 Å². The third-order valence-corrected chi connectivity index (χ3v) is 5.33. The maximum Gasteiger partial charge on any atom is 0.266 e. The number of methoxy groups -OCH3 is 1. The molecule has 0 saturated carbocycles. The molecule has 1 aromatic carbocycles. The van der Waals surface area contributed by atoms with Crippen LogP contribution in [-0.2, 0) is 10.0 Å². The molecule has 9 heteroatoms. The number of hydrogen-bond donors (Lipinski definition) is 1. The number of rotatable bonds is 5. The van der Waals surface area contributed by atoms with Crippen molar-refractivity contribution in [2.45, 2.75) is 24.7 Å². The Labute approximate surface area is 131 Å². The fraction of sp³-hybridized carbons (Fsp3) is 0.308. The van der Waals surface area contributed by atoms with Gasteiger partial charge in [0.25, 0.3) is 10.0 Å². The van der Waals surface area contributed by atoms with Crippen molar-refractivity contribution in [3.8, 4) is 5.75 Å². The Morgan fingerprint density at radius 1 is 1.27 bits per heavy atom. The van der Waals surface area contributed by atoms with E-state index in [0.29, 0.717) is 17.0 Å². The van der Waals surface area contributed by atoms with E-state index in [1.807, 2.05) is 13.8 Å². The van der Waals surface area contributed by atoms with Gasteiger partial charge in [0.05, 0.1) is 17.5 Å². The van der Waals surface area contributed by atoms with Crippen molar-refractivity contribution in [3.05, 3.63) is 34.2 Å². The highest BCUT2D eigenvalue weighted by Crippen LogP contribution is 2.30. The number of benzene rings is 1. The molecular formula is C13H14F2N2O3S2. The lowest BCUT2D eigenvalue weighted by Crippen LogP contribution is -2.16. The van der Waals surface area contributed by atoms with Crippen molar-refractivity contribution in [2.75, 3.05) is 11.8 Å². The number of anilines is 1. The van der Waals surface area contributed by atoms with Crippen molar-refractivity contribution in [1.82, 2.24) is 4.98 Å². The first kappa shape index (κ1) is 16.6. The van der Waals surface area contributed by atoms with E-state index in [4.69, 9.17) is 0 Å². The summed E-state index contributed by atoms with van der Waals surface area (Å²) in [5.74, 6) is -2.27. The van der Waals surface area contributed by atoms with Gasteiger partial charge in [-0.2, -0.15) is 0 Å². The first-order valence-corrected chi connectivity index (χ1v) is 8.61. The summed E-state index contributed by atoms with van der Waals surface area (Å²) >= 11 is 1.28. The van der Waals surface area contributed by atoms with E-state index < -0.39 is 26.6 Å². The van der Waals surface area contributed by atoms with Gasteiger partial charge in [-0.05, 0) is 5.92 Å². The van der Waals surface area contributed by atoms with E-state index in [1.165, 1.54) is 16.8 Å². The van der Waals surface area contributed by atoms with Gasteiger partial charge in [0.2, 0.25) is 0 Å². The first-order valence-electron chi connectivity index (χ1n) is 6.25. The molecule has 2 aromatic rings. The topological polar surface area (TPSA) is 68.3 Å². The van der Waals surface area contributed by atoms with E-state index in [-0.39, 0.29) is 17.5 Å². The van der Waals surface area contributed by atoms with Gasteiger partial charge >= 0.3 is 0 Å². The minimum atomic E-state index is -4.29. The van der Waals surface area contributed by atoms with Gasteiger partial charge in [-0.15, -0.1) is 11.3 Å². The van der Waals surface area contributed by atoms with E-state index in [1.54, 1.807) is 0 Å². The molecule has 0 radical (unpaired) electrons. The van der Waals surface area contributed by atoms with Crippen LogP contribution in [0.4, 0.5) is 14.6 Å². The molecule has 1 N–H and O–H groups in total. The predicted octanol–water partition coefficient (Wildman–Crippen LogP) is 3.35. The SMILES string of the molecule is COc1cc(F)c(S(=O)(=O)Nc2ncsc2C(C)C)cc1F. The smallest absolute Gasteiger partial charge is 0.266 e. The zero-order valence-corrected chi connectivity index (χ0v) is 13.7. The van der Waals surface area contributed by atoms with Crippen LogP contribution in [0.2, 0.25) is 0 Å². The molecule has 0 bridgehead atoms. The van der Waals surface area contributed by atoms with Crippen LogP contribution in [-0.4, -0.2) is 20.5 Å². The Balaban J connectivity index is 2.43. The van der Waals surface area contributed by atoms with Crippen LogP contribution in [0.25, 0.3) is 0 Å². The van der Waals surface area contributed by atoms with Crippen LogP contribution < -0.4 is 9.46 Å². The monoisotopic (exact) mass is 348 g/mol. The van der Waals surface area contributed by atoms with Crippen LogP contribution in [0.3, 0.4) is 0 Å². The number of sulfonamides is 1. The molecule has 22 heavy (non-hydrogen) atoms. The molecule has 120 valence electrons. The Kier molecular flexibility index (Phi) is 4.66. The minimum absolute atomic E-state index is 0.0441. The zero-order chi connectivity index (χ0) is 16.5. The Morgan fingerprint density at radius 3 is 2.55 bits per heavy atom. The molecule has 0 fully saturated rings. The first-order chi connectivity index (χ1) is 10.3. The number of thiazole rings is 1. The summed E-state index contributed by atoms with van der Waals surface area (Å²) in [5.41, 5.74) is 1.48. The van der Waals surface area contributed by atoms with Crippen LogP contribution in [0.15, 0.2) is 22.5 Å². The third-order valence-electron chi connectivity index (χ3n) is 2.85. The van der Waals surface area contributed by atoms with Crippen LogP contribution in [0.5, 0.6) is 5.75 Å². The summed E-state index contributed by atoms with van der Waals surface area (Å²) in [6.45, 7) is 3.75. The van der Waals surface area contributed by atoms with Crippen LogP contribution >= 0.6 is 11.3 Å². The number of halogens is 2. The number of ether oxygens (including phenoxy) is 1. The average Bonchev–Trinajstić information content (AvgIpc) is 2.88. The van der Waals surface area contributed by atoms with Crippen molar-refractivity contribution in [1.29, 1.82) is 0 Å². The van der Waals surface area contributed by atoms with Gasteiger partial charge in [-0.3, -0.25) is 4.72 Å². The Morgan fingerprint density at radius 2 is 1.95 bits per heavy atom. The molecule has 0 aliphatic heterocycles. The summed E-state index contributed by atoms with van der Waals surface area (Å²) < 4.78 is 58.9. The third kappa shape index (κ3) is 3.20. The van der Waals surface area contributed by atoms with E-state index in [9.17, 15) is 17.2 Å². The maximum absolute atomic E-state index is 13.9. The molecule has 0 atom stereocenters. The number of aromatic nitrogens is 1. The molecule has 2 rings (SSSR count). The van der Waals surface area contributed by atoms with E-state index >= 15 is 0 Å². The number of nitrogens with one attached hydrogen (secondary N) is 1. The molecule has 1 heterocycles. The van der Waals surface area contributed by atoms with Gasteiger partial charge in [0, 0.05) is 12.1 Å². The van der Waals surface area contributed by atoms with Crippen molar-refractivity contribution < 1.29 is 21.9 Å². The van der Waals surface area contributed by atoms with Gasteiger partial charge in [-0.25, -0.2) is 22.2 Å². The summed E-state index contributed by atoms with van der Waals surface area (Å²) in [6.07, 6.45) is 0. The summed E-state index contributed by atoms with van der Waals surface area (Å²) in [4.78, 5) is 3.83. The normalized spacial score (nSPS) is 11.7. The molecule has 0 unspecified atom stereocenters. The summed E-state index contributed by atoms with van der Waals surface area (Å²) in [7, 11) is -3.13. The summed E-state index contributed by atoms with van der Waals surface area (Å²) in [6, 6.07) is 1.27. The fourth-order valence-electron chi connectivity index (χ4n) is 1.80. The summed E-state index contributed by atoms with van der Waals surface area (Å²) in [5, 5.41) is 0. The number of nitrogens with zero attached hydrogens (tertiary/aromatic N) is 1. The second-order valence-electron chi connectivity index (χ2n) is 4.74. The molecule has 0 aliphatic rings. The second-order valence-corrected chi connectivity index (χ2v) is 7.28. The largest absolute Gasteiger partial charge is 0.494 e. The van der Waals surface area contributed by atoms with E-state index in [2.05, 4.69) is 14.4 Å².